The number of likely N-dealkylation sites (tertiary alicyclic amines) is 1. The van der Waals surface area contributed by atoms with Crippen molar-refractivity contribution in [2.24, 2.45) is 0 Å². The number of ether oxygens (including phenoxy) is 2. The summed E-state index contributed by atoms with van der Waals surface area (Å²) in [6.07, 6.45) is 1.51. The fraction of sp³-hybridized carbons (Fsp3) is 0.143. The highest BCUT2D eigenvalue weighted by molar-refractivity contribution is 6.46. The Kier molecular flexibility index (Phi) is 5.74. The molecule has 1 saturated heterocycles. The zero-order valence-corrected chi connectivity index (χ0v) is 19.2. The van der Waals surface area contributed by atoms with Gasteiger partial charge in [-0.15, -0.1) is 0 Å². The number of ketones is 1. The summed E-state index contributed by atoms with van der Waals surface area (Å²) in [7, 11) is 2.98. The maximum Gasteiger partial charge on any atom is 0.296 e. The number of nitrogens with zero attached hydrogens (tertiary/aromatic N) is 1. The van der Waals surface area contributed by atoms with Crippen LogP contribution in [0, 0.1) is 0 Å². The first kappa shape index (κ1) is 22.3. The van der Waals surface area contributed by atoms with Crippen LogP contribution in [0.2, 0.25) is 0 Å². The Morgan fingerprint density at radius 3 is 2.51 bits per heavy atom. The molecule has 1 aliphatic heterocycles. The summed E-state index contributed by atoms with van der Waals surface area (Å²) in [6, 6.07) is 20.9. The van der Waals surface area contributed by atoms with Crippen LogP contribution < -0.4 is 9.47 Å². The van der Waals surface area contributed by atoms with Gasteiger partial charge < -0.3 is 23.9 Å². The topological polar surface area (TPSA) is 89.2 Å². The number of carbonyl (C=O) groups is 2. The largest absolute Gasteiger partial charge is 0.507 e. The number of benzene rings is 3. The molecule has 1 atom stereocenters. The van der Waals surface area contributed by atoms with Crippen LogP contribution in [0.3, 0.4) is 0 Å². The van der Waals surface area contributed by atoms with E-state index in [2.05, 4.69) is 0 Å². The highest BCUT2D eigenvalue weighted by Gasteiger charge is 2.47. The number of amides is 1. The van der Waals surface area contributed by atoms with Crippen molar-refractivity contribution >= 4 is 28.2 Å². The van der Waals surface area contributed by atoms with Crippen molar-refractivity contribution in [3.8, 4) is 11.5 Å². The molecule has 1 aromatic heterocycles. The van der Waals surface area contributed by atoms with E-state index in [1.165, 1.54) is 25.4 Å². The fourth-order valence-electron chi connectivity index (χ4n) is 4.56. The Bertz CT molecular complexity index is 1450. The maximum atomic E-state index is 13.4. The van der Waals surface area contributed by atoms with E-state index >= 15 is 0 Å². The highest BCUT2D eigenvalue weighted by Crippen LogP contribution is 2.44. The molecule has 7 heteroatoms. The van der Waals surface area contributed by atoms with Crippen LogP contribution in [-0.4, -0.2) is 35.9 Å². The minimum absolute atomic E-state index is 0.0126. The molecule has 0 spiro atoms. The molecule has 176 valence electrons. The lowest BCUT2D eigenvalue weighted by molar-refractivity contribution is -0.140. The van der Waals surface area contributed by atoms with Gasteiger partial charge in [-0.2, -0.15) is 0 Å². The van der Waals surface area contributed by atoms with Gasteiger partial charge in [-0.3, -0.25) is 9.59 Å². The average Bonchev–Trinajstić information content (AvgIpc) is 3.50. The molecule has 0 saturated carbocycles. The number of Topliss-reactive ketones (excluding diaryl/α,β-unsaturated/α-hetero) is 1. The number of fused-ring (bicyclic) bond motifs is 1. The molecule has 1 amide bonds. The minimum Gasteiger partial charge on any atom is -0.507 e. The van der Waals surface area contributed by atoms with E-state index in [1.807, 2.05) is 42.5 Å². The summed E-state index contributed by atoms with van der Waals surface area (Å²) in [4.78, 5) is 28.1. The standard InChI is InChI=1S/C28H23NO6/c1-33-18-12-13-22(23(15-18)34-2)26(30)24-25(21-11-5-8-17-7-3-4-10-20(17)21)29(28(32)27(24)31)16-19-9-6-14-35-19/h3-15,25,30H,16H2,1-2H3/b26-24+. The molecule has 2 heterocycles. The smallest absolute Gasteiger partial charge is 0.296 e. The Balaban J connectivity index is 1.75. The van der Waals surface area contributed by atoms with Crippen LogP contribution >= 0.6 is 0 Å². The first-order valence-corrected chi connectivity index (χ1v) is 11.0. The van der Waals surface area contributed by atoms with Crippen molar-refractivity contribution in [1.29, 1.82) is 0 Å². The molecule has 35 heavy (non-hydrogen) atoms. The third kappa shape index (κ3) is 3.81. The van der Waals surface area contributed by atoms with Crippen LogP contribution in [0.25, 0.3) is 16.5 Å². The summed E-state index contributed by atoms with van der Waals surface area (Å²) in [5.41, 5.74) is 0.999. The van der Waals surface area contributed by atoms with Crippen molar-refractivity contribution in [1.82, 2.24) is 4.90 Å². The highest BCUT2D eigenvalue weighted by atomic mass is 16.5. The molecular formula is C28H23NO6. The van der Waals surface area contributed by atoms with Crippen molar-refractivity contribution in [3.63, 3.8) is 0 Å². The monoisotopic (exact) mass is 469 g/mol. The van der Waals surface area contributed by atoms with Crippen molar-refractivity contribution in [2.45, 2.75) is 12.6 Å². The van der Waals surface area contributed by atoms with Gasteiger partial charge in [0.2, 0.25) is 0 Å². The lowest BCUT2D eigenvalue weighted by Crippen LogP contribution is -2.29. The zero-order valence-electron chi connectivity index (χ0n) is 19.2. The molecule has 1 aliphatic rings. The van der Waals surface area contributed by atoms with Gasteiger partial charge in [-0.1, -0.05) is 42.5 Å². The minimum atomic E-state index is -0.835. The Morgan fingerprint density at radius 2 is 1.77 bits per heavy atom. The number of aliphatic hydroxyl groups excluding tert-OH is 1. The van der Waals surface area contributed by atoms with Crippen molar-refractivity contribution in [2.75, 3.05) is 14.2 Å². The van der Waals surface area contributed by atoms with Gasteiger partial charge in [-0.05, 0) is 40.6 Å². The number of aliphatic hydroxyl groups is 1. The van der Waals surface area contributed by atoms with E-state index in [-0.39, 0.29) is 23.4 Å². The Hall–Kier alpha value is -4.52. The second-order valence-corrected chi connectivity index (χ2v) is 8.14. The Morgan fingerprint density at radius 1 is 0.971 bits per heavy atom. The van der Waals surface area contributed by atoms with Gasteiger partial charge >= 0.3 is 0 Å². The molecule has 5 rings (SSSR count). The third-order valence-electron chi connectivity index (χ3n) is 6.23. The summed E-state index contributed by atoms with van der Waals surface area (Å²) in [5, 5.41) is 13.3. The molecule has 1 unspecified atom stereocenters. The lowest BCUT2D eigenvalue weighted by Gasteiger charge is -2.26. The number of methoxy groups -OCH3 is 2. The summed E-state index contributed by atoms with van der Waals surface area (Å²) in [5.74, 6) is -0.432. The van der Waals surface area contributed by atoms with Gasteiger partial charge in [0.25, 0.3) is 11.7 Å². The van der Waals surface area contributed by atoms with Crippen molar-refractivity contribution in [3.05, 3.63) is 102 Å². The van der Waals surface area contributed by atoms with E-state index < -0.39 is 17.7 Å². The number of carbonyl (C=O) groups excluding carboxylic acids is 2. The third-order valence-corrected chi connectivity index (χ3v) is 6.23. The van der Waals surface area contributed by atoms with Crippen LogP contribution in [0.4, 0.5) is 0 Å². The molecule has 0 radical (unpaired) electrons. The quantitative estimate of drug-likeness (QED) is 0.241. The molecule has 1 fully saturated rings. The molecule has 0 bridgehead atoms. The van der Waals surface area contributed by atoms with Gasteiger partial charge in [0.1, 0.15) is 23.0 Å². The SMILES string of the molecule is COc1ccc(/C(O)=C2\C(=O)C(=O)N(Cc3ccco3)C2c2cccc3ccccc23)c(OC)c1. The lowest BCUT2D eigenvalue weighted by atomic mass is 9.91. The number of rotatable bonds is 6. The molecule has 1 N–H and O–H groups in total. The van der Waals surface area contributed by atoms with Gasteiger partial charge in [0.05, 0.1) is 44.2 Å². The fourth-order valence-corrected chi connectivity index (χ4v) is 4.56. The Labute approximate surface area is 201 Å². The van der Waals surface area contributed by atoms with E-state index in [4.69, 9.17) is 13.9 Å². The molecule has 7 nitrogen and oxygen atoms in total. The maximum absolute atomic E-state index is 13.4. The first-order chi connectivity index (χ1) is 17.0. The number of hydrogen-bond acceptors (Lipinski definition) is 6. The van der Waals surface area contributed by atoms with Crippen LogP contribution in [0.1, 0.15) is 22.9 Å². The molecule has 0 aliphatic carbocycles. The van der Waals surface area contributed by atoms with E-state index in [0.717, 1.165) is 16.3 Å². The van der Waals surface area contributed by atoms with E-state index in [9.17, 15) is 14.7 Å². The second kappa shape index (κ2) is 9.02. The normalized spacial score (nSPS) is 17.2. The van der Waals surface area contributed by atoms with Crippen LogP contribution in [0.15, 0.2) is 89.0 Å². The average molecular weight is 469 g/mol. The predicted octanol–water partition coefficient (Wildman–Crippen LogP) is 5.07. The van der Waals surface area contributed by atoms with Crippen LogP contribution in [-0.2, 0) is 16.1 Å². The van der Waals surface area contributed by atoms with Gasteiger partial charge in [0, 0.05) is 6.07 Å². The zero-order chi connectivity index (χ0) is 24.5. The molecular weight excluding hydrogens is 446 g/mol. The van der Waals surface area contributed by atoms with Crippen LogP contribution in [0.5, 0.6) is 11.5 Å². The van der Waals surface area contributed by atoms with E-state index in [1.54, 1.807) is 30.3 Å². The van der Waals surface area contributed by atoms with E-state index in [0.29, 0.717) is 17.3 Å². The number of hydrogen-bond donors (Lipinski definition) is 1. The van der Waals surface area contributed by atoms with Gasteiger partial charge in [0.15, 0.2) is 0 Å². The van der Waals surface area contributed by atoms with Gasteiger partial charge in [-0.25, -0.2) is 0 Å². The number of furan rings is 1. The second-order valence-electron chi connectivity index (χ2n) is 8.14. The summed E-state index contributed by atoms with van der Waals surface area (Å²) < 4.78 is 16.2. The van der Waals surface area contributed by atoms with Crippen molar-refractivity contribution < 1.29 is 28.6 Å². The predicted molar refractivity (Wildman–Crippen MR) is 130 cm³/mol. The summed E-state index contributed by atoms with van der Waals surface area (Å²) in [6.45, 7) is 0.0714. The molecule has 4 aromatic rings. The summed E-state index contributed by atoms with van der Waals surface area (Å²) >= 11 is 0. The molecule has 3 aromatic carbocycles. The first-order valence-electron chi connectivity index (χ1n) is 11.0.